The van der Waals surface area contributed by atoms with Gasteiger partial charge in [0, 0.05) is 13.0 Å². The highest BCUT2D eigenvalue weighted by Crippen LogP contribution is 2.29. The predicted octanol–water partition coefficient (Wildman–Crippen LogP) is 1.97. The van der Waals surface area contributed by atoms with E-state index in [1.54, 1.807) is 24.3 Å². The first-order valence-corrected chi connectivity index (χ1v) is 8.68. The fourth-order valence-electron chi connectivity index (χ4n) is 2.32. The van der Waals surface area contributed by atoms with E-state index in [-0.39, 0.29) is 36.0 Å². The summed E-state index contributed by atoms with van der Waals surface area (Å²) in [7, 11) is 1.32. The molecule has 0 unspecified atom stereocenters. The Hall–Kier alpha value is -3.99. The SMILES string of the molecule is COc1cc([N+](=O)[O-])ccc1N/N=C(/C(C)=O)C(=O)Nc1ccccc1OCCO. The Morgan fingerprint density at radius 1 is 1.17 bits per heavy atom. The zero-order chi connectivity index (χ0) is 22.1. The quantitative estimate of drug-likeness (QED) is 0.230. The summed E-state index contributed by atoms with van der Waals surface area (Å²) in [4.78, 5) is 34.8. The molecule has 0 aliphatic carbocycles. The molecule has 0 heterocycles. The van der Waals surface area contributed by atoms with E-state index in [4.69, 9.17) is 14.6 Å². The van der Waals surface area contributed by atoms with E-state index >= 15 is 0 Å². The Bertz CT molecular complexity index is 975. The minimum atomic E-state index is -0.795. The van der Waals surface area contributed by atoms with E-state index in [2.05, 4.69) is 15.8 Å². The number of anilines is 2. The molecule has 0 atom stereocenters. The molecule has 2 aromatic carbocycles. The number of para-hydroxylation sites is 2. The van der Waals surface area contributed by atoms with Gasteiger partial charge in [0.15, 0.2) is 17.2 Å². The van der Waals surface area contributed by atoms with Gasteiger partial charge in [0.2, 0.25) is 0 Å². The lowest BCUT2D eigenvalue weighted by atomic mass is 10.2. The van der Waals surface area contributed by atoms with Crippen LogP contribution >= 0.6 is 0 Å². The number of methoxy groups -OCH3 is 1. The van der Waals surface area contributed by atoms with Crippen molar-refractivity contribution in [1.29, 1.82) is 0 Å². The molecule has 30 heavy (non-hydrogen) atoms. The monoisotopic (exact) mass is 416 g/mol. The summed E-state index contributed by atoms with van der Waals surface area (Å²) in [6.07, 6.45) is 0. The highest BCUT2D eigenvalue weighted by atomic mass is 16.6. The van der Waals surface area contributed by atoms with E-state index in [0.29, 0.717) is 5.75 Å². The average Bonchev–Trinajstić information content (AvgIpc) is 2.72. The second-order valence-electron chi connectivity index (χ2n) is 5.79. The molecule has 2 rings (SSSR count). The number of carbonyl (C=O) groups excluding carboxylic acids is 2. The smallest absolute Gasteiger partial charge is 0.279 e. The highest BCUT2D eigenvalue weighted by molar-refractivity contribution is 6.67. The van der Waals surface area contributed by atoms with Crippen molar-refractivity contribution in [3.63, 3.8) is 0 Å². The molecule has 0 fully saturated rings. The van der Waals surface area contributed by atoms with E-state index in [0.717, 1.165) is 0 Å². The van der Waals surface area contributed by atoms with Gasteiger partial charge in [-0.05, 0) is 18.2 Å². The van der Waals surface area contributed by atoms with Crippen molar-refractivity contribution in [2.24, 2.45) is 5.10 Å². The van der Waals surface area contributed by atoms with Crippen molar-refractivity contribution >= 4 is 34.5 Å². The number of hydrazone groups is 1. The Morgan fingerprint density at radius 3 is 2.53 bits per heavy atom. The van der Waals surface area contributed by atoms with Crippen molar-refractivity contribution in [1.82, 2.24) is 0 Å². The number of nitro groups is 1. The van der Waals surface area contributed by atoms with Crippen LogP contribution in [0.5, 0.6) is 11.5 Å². The molecule has 0 aromatic heterocycles. The molecule has 3 N–H and O–H groups in total. The molecule has 0 saturated heterocycles. The molecule has 11 nitrogen and oxygen atoms in total. The largest absolute Gasteiger partial charge is 0.494 e. The van der Waals surface area contributed by atoms with Crippen LogP contribution in [0.4, 0.5) is 17.1 Å². The fraction of sp³-hybridized carbons (Fsp3) is 0.211. The third-order valence-electron chi connectivity index (χ3n) is 3.72. The second-order valence-corrected chi connectivity index (χ2v) is 5.79. The molecule has 158 valence electrons. The molecule has 0 saturated carbocycles. The van der Waals surface area contributed by atoms with Gasteiger partial charge in [-0.2, -0.15) is 5.10 Å². The maximum atomic E-state index is 12.6. The molecular formula is C19H20N4O7. The van der Waals surface area contributed by atoms with Crippen LogP contribution in [0.3, 0.4) is 0 Å². The summed E-state index contributed by atoms with van der Waals surface area (Å²) >= 11 is 0. The molecular weight excluding hydrogens is 396 g/mol. The number of aliphatic hydroxyl groups is 1. The van der Waals surface area contributed by atoms with Crippen LogP contribution < -0.4 is 20.2 Å². The minimum absolute atomic E-state index is 0.0298. The van der Waals surface area contributed by atoms with Gasteiger partial charge in [-0.1, -0.05) is 12.1 Å². The average molecular weight is 416 g/mol. The number of benzene rings is 2. The van der Waals surface area contributed by atoms with Crippen LogP contribution in [0, 0.1) is 10.1 Å². The molecule has 0 aliphatic rings. The number of aliphatic hydroxyl groups excluding tert-OH is 1. The number of hydrogen-bond donors (Lipinski definition) is 3. The maximum Gasteiger partial charge on any atom is 0.279 e. The van der Waals surface area contributed by atoms with Crippen molar-refractivity contribution in [3.8, 4) is 11.5 Å². The van der Waals surface area contributed by atoms with Crippen LogP contribution in [0.1, 0.15) is 6.92 Å². The molecule has 0 spiro atoms. The van der Waals surface area contributed by atoms with E-state index in [1.165, 1.54) is 32.2 Å². The first kappa shape index (κ1) is 22.3. The molecule has 2 aromatic rings. The number of nitrogens with zero attached hydrogens (tertiary/aromatic N) is 2. The van der Waals surface area contributed by atoms with Crippen molar-refractivity contribution in [2.75, 3.05) is 31.1 Å². The topological polar surface area (TPSA) is 152 Å². The number of amides is 1. The number of ketones is 1. The zero-order valence-electron chi connectivity index (χ0n) is 16.2. The van der Waals surface area contributed by atoms with Gasteiger partial charge in [0.25, 0.3) is 11.6 Å². The minimum Gasteiger partial charge on any atom is -0.494 e. The Morgan fingerprint density at radius 2 is 1.90 bits per heavy atom. The van der Waals surface area contributed by atoms with Gasteiger partial charge < -0.3 is 19.9 Å². The van der Waals surface area contributed by atoms with Crippen molar-refractivity contribution in [2.45, 2.75) is 6.92 Å². The van der Waals surface area contributed by atoms with Gasteiger partial charge >= 0.3 is 0 Å². The molecule has 1 amide bonds. The number of non-ortho nitro benzene ring substituents is 1. The number of nitro benzene ring substituents is 1. The van der Waals surface area contributed by atoms with Crippen LogP contribution in [-0.4, -0.2) is 47.8 Å². The number of nitrogens with one attached hydrogen (secondary N) is 2. The standard InChI is InChI=1S/C19H20N4O7/c1-12(25)18(19(26)20-14-5-3-4-6-16(14)30-10-9-24)22-21-15-8-7-13(23(27)28)11-17(15)29-2/h3-8,11,21,24H,9-10H2,1-2H3,(H,20,26)/b22-18-. The highest BCUT2D eigenvalue weighted by Gasteiger charge is 2.19. The number of hydrogen-bond acceptors (Lipinski definition) is 9. The van der Waals surface area contributed by atoms with E-state index in [1.807, 2.05) is 0 Å². The van der Waals surface area contributed by atoms with Gasteiger partial charge in [0.1, 0.15) is 12.4 Å². The first-order chi connectivity index (χ1) is 14.4. The van der Waals surface area contributed by atoms with Crippen molar-refractivity contribution < 1.29 is 29.1 Å². The summed E-state index contributed by atoms with van der Waals surface area (Å²) in [6.45, 7) is 0.993. The molecule has 0 radical (unpaired) electrons. The third-order valence-corrected chi connectivity index (χ3v) is 3.72. The lowest BCUT2D eigenvalue weighted by molar-refractivity contribution is -0.384. The van der Waals surface area contributed by atoms with Crippen LogP contribution in [0.25, 0.3) is 0 Å². The fourth-order valence-corrected chi connectivity index (χ4v) is 2.32. The summed E-state index contributed by atoms with van der Waals surface area (Å²) in [5.41, 5.74) is 2.41. The van der Waals surface area contributed by atoms with Gasteiger partial charge in [-0.3, -0.25) is 25.1 Å². The predicted molar refractivity (Wildman–Crippen MR) is 109 cm³/mol. The first-order valence-electron chi connectivity index (χ1n) is 8.68. The second kappa shape index (κ2) is 10.5. The molecule has 0 aliphatic heterocycles. The zero-order valence-corrected chi connectivity index (χ0v) is 16.2. The van der Waals surface area contributed by atoms with E-state index in [9.17, 15) is 19.7 Å². The third kappa shape index (κ3) is 5.75. The molecule has 11 heteroatoms. The summed E-state index contributed by atoms with van der Waals surface area (Å²) in [5.74, 6) is -0.989. The van der Waals surface area contributed by atoms with Gasteiger partial charge in [-0.15, -0.1) is 0 Å². The summed E-state index contributed by atoms with van der Waals surface area (Å²) in [6, 6.07) is 10.2. The number of rotatable bonds is 10. The number of carbonyl (C=O) groups is 2. The summed E-state index contributed by atoms with van der Waals surface area (Å²) in [5, 5.41) is 26.1. The molecule has 0 bridgehead atoms. The van der Waals surface area contributed by atoms with Crippen molar-refractivity contribution in [3.05, 3.63) is 52.6 Å². The van der Waals surface area contributed by atoms with E-state index < -0.39 is 22.3 Å². The lowest BCUT2D eigenvalue weighted by Gasteiger charge is -2.12. The van der Waals surface area contributed by atoms with Crippen LogP contribution in [0.2, 0.25) is 0 Å². The van der Waals surface area contributed by atoms with Crippen LogP contribution in [-0.2, 0) is 9.59 Å². The number of ether oxygens (including phenoxy) is 2. The summed E-state index contributed by atoms with van der Waals surface area (Å²) < 4.78 is 10.4. The Kier molecular flexibility index (Phi) is 7.82. The normalized spacial score (nSPS) is 10.8. The Balaban J connectivity index is 2.24. The maximum absolute atomic E-state index is 12.6. The Labute approximate surface area is 171 Å². The van der Waals surface area contributed by atoms with Gasteiger partial charge in [-0.25, -0.2) is 0 Å². The van der Waals surface area contributed by atoms with Gasteiger partial charge in [0.05, 0.1) is 36.1 Å². The lowest BCUT2D eigenvalue weighted by Crippen LogP contribution is -2.29. The van der Waals surface area contributed by atoms with Crippen LogP contribution in [0.15, 0.2) is 47.6 Å². The number of Topliss-reactive ketones (excluding diaryl/α,β-unsaturated/α-hetero) is 1.